The van der Waals surface area contributed by atoms with Crippen molar-refractivity contribution in [2.45, 2.75) is 46.7 Å². The van der Waals surface area contributed by atoms with Gasteiger partial charge in [0, 0.05) is 6.07 Å². The first kappa shape index (κ1) is 29.8. The number of Topliss-reactive ketones (excluding diaryl/α,β-unsaturated/α-hetero) is 1. The maximum Gasteiger partial charge on any atom is 0.534 e. The Bertz CT molecular complexity index is 1220. The molecule has 0 radical (unpaired) electrons. The number of ether oxygens (including phenoxy) is 1. The number of thiophene rings is 1. The summed E-state index contributed by atoms with van der Waals surface area (Å²) in [6, 6.07) is 4.36. The largest absolute Gasteiger partial charge is 0.534 e. The monoisotopic (exact) mass is 540 g/mol. The lowest BCUT2D eigenvalue weighted by Crippen LogP contribution is -2.28. The van der Waals surface area contributed by atoms with Gasteiger partial charge in [0.1, 0.15) is 6.61 Å². The lowest BCUT2D eigenvalue weighted by Gasteiger charge is -2.16. The summed E-state index contributed by atoms with van der Waals surface area (Å²) < 4.78 is 68.0. The molecule has 0 aliphatic rings. The Morgan fingerprint density at radius 1 is 1.17 bits per heavy atom. The van der Waals surface area contributed by atoms with Crippen molar-refractivity contribution in [1.29, 1.82) is 0 Å². The number of benzene rings is 1. The molecule has 0 fully saturated rings. The highest BCUT2D eigenvalue weighted by Gasteiger charge is 2.49. The number of carbonyl (C=O) groups excluding carboxylic acids is 2. The fraction of sp³-hybridized carbons (Fsp3) is 0.400. The number of anilines is 1. The Morgan fingerprint density at radius 2 is 1.74 bits per heavy atom. The summed E-state index contributed by atoms with van der Waals surface area (Å²) >= 11 is 1.35. The molecule has 1 aromatic heterocycles. The number of alkyl halides is 3. The topological polar surface area (TPSA) is 156 Å². The number of hydrogen-bond donors (Lipinski definition) is 1. The van der Waals surface area contributed by atoms with E-state index in [4.69, 9.17) is 10.5 Å². The van der Waals surface area contributed by atoms with Crippen LogP contribution in [-0.2, 0) is 26.3 Å². The molecular formula is C20H23F3N2O8S2. The molecule has 0 aliphatic heterocycles. The molecule has 0 bridgehead atoms. The molecule has 35 heavy (non-hydrogen) atoms. The number of ketones is 1. The van der Waals surface area contributed by atoms with Crippen molar-refractivity contribution in [3.8, 4) is 5.75 Å². The first-order valence-corrected chi connectivity index (χ1v) is 11.8. The van der Waals surface area contributed by atoms with Gasteiger partial charge in [0.15, 0.2) is 5.78 Å². The van der Waals surface area contributed by atoms with E-state index in [1.807, 2.05) is 13.0 Å². The minimum Gasteiger partial charge on any atom is -0.460 e. The van der Waals surface area contributed by atoms with Gasteiger partial charge in [-0.1, -0.05) is 0 Å². The number of carbonyl (C=O) groups is 2. The summed E-state index contributed by atoms with van der Waals surface area (Å²) in [5.41, 5.74) is -1.11. The van der Waals surface area contributed by atoms with Crippen LogP contribution in [0.15, 0.2) is 24.3 Å². The van der Waals surface area contributed by atoms with Crippen LogP contribution >= 0.6 is 11.3 Å². The maximum atomic E-state index is 12.4. The SMILES string of the molecule is CC(=O)c1sc(N)cc1C.CC(C)(C)C(=O)OCc1ccc([N+](=O)[O-])c(OS(=O)(=O)C(F)(F)F)c1. The highest BCUT2D eigenvalue weighted by Crippen LogP contribution is 2.34. The lowest BCUT2D eigenvalue weighted by molar-refractivity contribution is -0.385. The first-order valence-electron chi connectivity index (χ1n) is 9.58. The van der Waals surface area contributed by atoms with Crippen LogP contribution in [0.25, 0.3) is 0 Å². The van der Waals surface area contributed by atoms with Crippen LogP contribution in [0.3, 0.4) is 0 Å². The summed E-state index contributed by atoms with van der Waals surface area (Å²) in [5, 5.41) is 11.5. The van der Waals surface area contributed by atoms with Crippen LogP contribution in [0.2, 0.25) is 0 Å². The van der Waals surface area contributed by atoms with Gasteiger partial charge in [-0.15, -0.1) is 11.3 Å². The van der Waals surface area contributed by atoms with Crippen molar-refractivity contribution in [1.82, 2.24) is 0 Å². The number of aryl methyl sites for hydroxylation is 1. The van der Waals surface area contributed by atoms with Gasteiger partial charge in [0.25, 0.3) is 0 Å². The molecule has 1 heterocycles. The van der Waals surface area contributed by atoms with Crippen molar-refractivity contribution < 1.29 is 45.0 Å². The summed E-state index contributed by atoms with van der Waals surface area (Å²) in [5.74, 6) is -1.66. The molecule has 0 unspecified atom stereocenters. The number of hydrogen-bond acceptors (Lipinski definition) is 10. The van der Waals surface area contributed by atoms with Crippen molar-refractivity contribution in [3.05, 3.63) is 50.4 Å². The zero-order valence-corrected chi connectivity index (χ0v) is 20.9. The minimum absolute atomic E-state index is 0.00979. The van der Waals surface area contributed by atoms with Crippen LogP contribution in [0.1, 0.15) is 48.5 Å². The Morgan fingerprint density at radius 3 is 2.11 bits per heavy atom. The van der Waals surface area contributed by atoms with Gasteiger partial charge in [0.05, 0.1) is 20.2 Å². The van der Waals surface area contributed by atoms with E-state index in [1.165, 1.54) is 11.3 Å². The highest BCUT2D eigenvalue weighted by molar-refractivity contribution is 7.88. The molecule has 0 saturated carbocycles. The average Bonchev–Trinajstić information content (AvgIpc) is 3.03. The van der Waals surface area contributed by atoms with Gasteiger partial charge >= 0.3 is 27.3 Å². The second kappa shape index (κ2) is 11.0. The molecule has 0 saturated heterocycles. The van der Waals surface area contributed by atoms with E-state index in [9.17, 15) is 41.3 Å². The van der Waals surface area contributed by atoms with Crippen LogP contribution in [0.5, 0.6) is 5.75 Å². The van der Waals surface area contributed by atoms with Crippen molar-refractivity contribution in [2.75, 3.05) is 5.73 Å². The van der Waals surface area contributed by atoms with E-state index in [0.717, 1.165) is 22.6 Å². The average molecular weight is 541 g/mol. The predicted octanol–water partition coefficient (Wildman–Crippen LogP) is 4.75. The molecule has 2 aromatic rings. The molecular weight excluding hydrogens is 517 g/mol. The quantitative estimate of drug-likeness (QED) is 0.136. The number of nitrogens with two attached hydrogens (primary N) is 1. The molecule has 10 nitrogen and oxygen atoms in total. The number of nitrogen functional groups attached to an aromatic ring is 1. The Kier molecular flexibility index (Phi) is 9.40. The number of rotatable bonds is 6. The van der Waals surface area contributed by atoms with Crippen molar-refractivity contribution in [2.24, 2.45) is 5.41 Å². The van der Waals surface area contributed by atoms with Gasteiger partial charge in [-0.3, -0.25) is 19.7 Å². The third-order valence-electron chi connectivity index (χ3n) is 3.94. The summed E-state index contributed by atoms with van der Waals surface area (Å²) in [4.78, 5) is 33.0. The fourth-order valence-corrected chi connectivity index (χ4v) is 3.55. The summed E-state index contributed by atoms with van der Waals surface area (Å²) in [6.45, 7) is 7.71. The zero-order valence-electron chi connectivity index (χ0n) is 19.3. The van der Waals surface area contributed by atoms with Crippen LogP contribution < -0.4 is 9.92 Å². The molecule has 0 spiro atoms. The van der Waals surface area contributed by atoms with E-state index in [0.29, 0.717) is 11.1 Å². The number of nitrogens with zero attached hydrogens (tertiary/aromatic N) is 1. The Labute approximate surface area is 203 Å². The molecule has 0 amide bonds. The molecule has 0 atom stereocenters. The number of nitro benzene ring substituents is 1. The maximum absolute atomic E-state index is 12.4. The van der Waals surface area contributed by atoms with Gasteiger partial charge in [-0.05, 0) is 63.9 Å². The molecule has 2 rings (SSSR count). The smallest absolute Gasteiger partial charge is 0.460 e. The fourth-order valence-electron chi connectivity index (χ4n) is 2.25. The van der Waals surface area contributed by atoms with Gasteiger partial charge in [-0.25, -0.2) is 0 Å². The minimum atomic E-state index is -6.09. The molecule has 15 heteroatoms. The third-order valence-corrected chi connectivity index (χ3v) is 6.08. The second-order valence-electron chi connectivity index (χ2n) is 8.09. The molecule has 2 N–H and O–H groups in total. The highest BCUT2D eigenvalue weighted by atomic mass is 32.2. The zero-order chi connectivity index (χ0) is 27.4. The number of esters is 1. The normalized spacial score (nSPS) is 11.8. The Hall–Kier alpha value is -3.20. The van der Waals surface area contributed by atoms with E-state index in [1.54, 1.807) is 27.7 Å². The van der Waals surface area contributed by atoms with Gasteiger partial charge < -0.3 is 14.7 Å². The van der Waals surface area contributed by atoms with Gasteiger partial charge in [-0.2, -0.15) is 21.6 Å². The standard InChI is InChI=1S/C13H14F3NO7S.C7H9NOS/c1-12(2,3)11(18)23-7-8-4-5-9(17(19)20)10(6-8)24-25(21,22)13(14,15)16;1-4-3-6(8)10-7(4)5(2)9/h4-6H,7H2,1-3H3;3H,8H2,1-2H3. The predicted molar refractivity (Wildman–Crippen MR) is 121 cm³/mol. The van der Waals surface area contributed by atoms with Crippen molar-refractivity contribution in [3.63, 3.8) is 0 Å². The summed E-state index contributed by atoms with van der Waals surface area (Å²) in [7, 11) is -6.09. The van der Waals surface area contributed by atoms with Gasteiger partial charge in [0.2, 0.25) is 5.75 Å². The lowest BCUT2D eigenvalue weighted by atomic mass is 9.97. The van der Waals surface area contributed by atoms with E-state index in [-0.39, 0.29) is 11.3 Å². The molecule has 194 valence electrons. The third kappa shape index (κ3) is 8.51. The van der Waals surface area contributed by atoms with Crippen LogP contribution in [-0.4, -0.2) is 30.6 Å². The summed E-state index contributed by atoms with van der Waals surface area (Å²) in [6.07, 6.45) is 0. The second-order valence-corrected chi connectivity index (χ2v) is 10.7. The number of nitro groups is 1. The first-order chi connectivity index (χ1) is 15.8. The number of halogens is 3. The van der Waals surface area contributed by atoms with Crippen LogP contribution in [0, 0.1) is 22.5 Å². The molecule has 1 aromatic carbocycles. The van der Waals surface area contributed by atoms with Crippen LogP contribution in [0.4, 0.5) is 23.9 Å². The van der Waals surface area contributed by atoms with E-state index >= 15 is 0 Å². The molecule has 0 aliphatic carbocycles. The Balaban J connectivity index is 0.000000507. The van der Waals surface area contributed by atoms with E-state index in [2.05, 4.69) is 4.18 Å². The van der Waals surface area contributed by atoms with E-state index < -0.39 is 50.0 Å². The van der Waals surface area contributed by atoms with Crippen molar-refractivity contribution >= 4 is 43.9 Å².